The van der Waals surface area contributed by atoms with Crippen LogP contribution in [0.1, 0.15) is 30.3 Å². The van der Waals surface area contributed by atoms with Crippen molar-refractivity contribution in [2.24, 2.45) is 0 Å². The lowest BCUT2D eigenvalue weighted by Crippen LogP contribution is -3.07. The van der Waals surface area contributed by atoms with E-state index in [2.05, 4.69) is 23.9 Å². The van der Waals surface area contributed by atoms with Crippen LogP contribution < -0.4 is 10.5 Å². The summed E-state index contributed by atoms with van der Waals surface area (Å²) in [7, 11) is 2.07. The third kappa shape index (κ3) is 2.80. The molecule has 1 unspecified atom stereocenters. The van der Waals surface area contributed by atoms with Gasteiger partial charge in [-0.1, -0.05) is 12.1 Å². The van der Waals surface area contributed by atoms with Crippen molar-refractivity contribution in [1.29, 1.82) is 0 Å². The SMILES string of the molecule is Cc1ccc(C[NH+](C)[C@H](C)c2nc3ccccc3c(=O)[nH]2)o1. The summed E-state index contributed by atoms with van der Waals surface area (Å²) in [6, 6.07) is 11.4. The molecule has 0 aliphatic heterocycles. The Labute approximate surface area is 128 Å². The maximum atomic E-state index is 12.2. The molecular weight excluding hydrogens is 278 g/mol. The van der Waals surface area contributed by atoms with Crippen LogP contribution in [0.2, 0.25) is 0 Å². The molecule has 2 heterocycles. The smallest absolute Gasteiger partial charge is 0.258 e. The standard InChI is InChI=1S/C17H19N3O2/c1-11-8-9-13(22-11)10-20(3)12(2)16-18-15-7-5-4-6-14(15)17(21)19-16/h4-9,12H,10H2,1-3H3,(H,18,19,21)/p+1/t12-/m1/s1. The maximum Gasteiger partial charge on any atom is 0.258 e. The van der Waals surface area contributed by atoms with Gasteiger partial charge < -0.3 is 14.3 Å². The topological polar surface area (TPSA) is 63.3 Å². The third-order valence-corrected chi connectivity index (χ3v) is 4.03. The molecule has 114 valence electrons. The number of aryl methyl sites for hydroxylation is 1. The van der Waals surface area contributed by atoms with Crippen molar-refractivity contribution in [1.82, 2.24) is 9.97 Å². The number of rotatable bonds is 4. The van der Waals surface area contributed by atoms with E-state index < -0.39 is 0 Å². The Morgan fingerprint density at radius 3 is 2.77 bits per heavy atom. The molecule has 2 atom stereocenters. The molecule has 22 heavy (non-hydrogen) atoms. The maximum absolute atomic E-state index is 12.2. The van der Waals surface area contributed by atoms with E-state index in [0.29, 0.717) is 11.2 Å². The zero-order valence-corrected chi connectivity index (χ0v) is 13.0. The highest BCUT2D eigenvalue weighted by Crippen LogP contribution is 2.10. The molecule has 0 bridgehead atoms. The van der Waals surface area contributed by atoms with Gasteiger partial charge in [0, 0.05) is 0 Å². The van der Waals surface area contributed by atoms with E-state index in [9.17, 15) is 4.79 Å². The van der Waals surface area contributed by atoms with Gasteiger partial charge in [0.2, 0.25) is 0 Å². The van der Waals surface area contributed by atoms with Crippen LogP contribution in [0.25, 0.3) is 10.9 Å². The van der Waals surface area contributed by atoms with Crippen molar-refractivity contribution < 1.29 is 9.32 Å². The van der Waals surface area contributed by atoms with Crippen LogP contribution in [0.3, 0.4) is 0 Å². The minimum atomic E-state index is -0.0888. The molecule has 3 rings (SSSR count). The molecule has 5 heteroatoms. The highest BCUT2D eigenvalue weighted by Gasteiger charge is 2.20. The highest BCUT2D eigenvalue weighted by atomic mass is 16.3. The number of para-hydroxylation sites is 1. The van der Waals surface area contributed by atoms with Crippen molar-refractivity contribution in [3.63, 3.8) is 0 Å². The van der Waals surface area contributed by atoms with Crippen molar-refractivity contribution in [2.45, 2.75) is 26.4 Å². The van der Waals surface area contributed by atoms with Crippen molar-refractivity contribution >= 4 is 10.9 Å². The largest absolute Gasteiger partial charge is 0.460 e. The van der Waals surface area contributed by atoms with E-state index >= 15 is 0 Å². The number of aromatic nitrogens is 2. The molecule has 3 aromatic rings. The summed E-state index contributed by atoms with van der Waals surface area (Å²) >= 11 is 0. The first-order valence-corrected chi connectivity index (χ1v) is 7.41. The van der Waals surface area contributed by atoms with Gasteiger partial charge in [0.05, 0.1) is 18.0 Å². The summed E-state index contributed by atoms with van der Waals surface area (Å²) in [6.07, 6.45) is 0. The van der Waals surface area contributed by atoms with Gasteiger partial charge in [0.15, 0.2) is 11.6 Å². The molecule has 0 fully saturated rings. The van der Waals surface area contributed by atoms with Crippen molar-refractivity contribution in [3.8, 4) is 0 Å². The molecule has 0 aliphatic carbocycles. The lowest BCUT2D eigenvalue weighted by Gasteiger charge is -2.20. The molecule has 0 aliphatic rings. The number of nitrogens with one attached hydrogen (secondary N) is 2. The fraction of sp³-hybridized carbons (Fsp3) is 0.294. The number of furan rings is 1. The predicted molar refractivity (Wildman–Crippen MR) is 84.8 cm³/mol. The van der Waals surface area contributed by atoms with Gasteiger partial charge in [0.1, 0.15) is 18.3 Å². The lowest BCUT2D eigenvalue weighted by atomic mass is 10.2. The van der Waals surface area contributed by atoms with Crippen molar-refractivity contribution in [2.75, 3.05) is 7.05 Å². The van der Waals surface area contributed by atoms with E-state index in [-0.39, 0.29) is 11.6 Å². The van der Waals surface area contributed by atoms with Crippen LogP contribution in [0.5, 0.6) is 0 Å². The summed E-state index contributed by atoms with van der Waals surface area (Å²) in [5, 5.41) is 0.623. The third-order valence-electron chi connectivity index (χ3n) is 4.03. The highest BCUT2D eigenvalue weighted by molar-refractivity contribution is 5.77. The second-order valence-electron chi connectivity index (χ2n) is 5.73. The Bertz CT molecular complexity index is 850. The second-order valence-corrected chi connectivity index (χ2v) is 5.73. The number of hydrogen-bond donors (Lipinski definition) is 2. The van der Waals surface area contributed by atoms with Crippen LogP contribution in [-0.2, 0) is 6.54 Å². The lowest BCUT2D eigenvalue weighted by molar-refractivity contribution is -0.925. The van der Waals surface area contributed by atoms with Crippen LogP contribution in [-0.4, -0.2) is 17.0 Å². The molecule has 0 spiro atoms. The van der Waals surface area contributed by atoms with Gasteiger partial charge in [0.25, 0.3) is 5.56 Å². The van der Waals surface area contributed by atoms with Gasteiger partial charge in [-0.05, 0) is 38.1 Å². The molecule has 0 radical (unpaired) electrons. The Kier molecular flexibility index (Phi) is 3.81. The van der Waals surface area contributed by atoms with Gasteiger partial charge >= 0.3 is 0 Å². The van der Waals surface area contributed by atoms with E-state index in [1.165, 1.54) is 4.90 Å². The molecule has 0 amide bonds. The van der Waals surface area contributed by atoms with Crippen LogP contribution in [0, 0.1) is 6.92 Å². The van der Waals surface area contributed by atoms with Gasteiger partial charge in [-0.2, -0.15) is 0 Å². The number of nitrogens with zero attached hydrogens (tertiary/aromatic N) is 1. The van der Waals surface area contributed by atoms with Crippen LogP contribution in [0.15, 0.2) is 45.6 Å². The Balaban J connectivity index is 1.88. The molecule has 5 nitrogen and oxygen atoms in total. The van der Waals surface area contributed by atoms with E-state index in [0.717, 1.165) is 23.6 Å². The Morgan fingerprint density at radius 1 is 1.27 bits per heavy atom. The molecule has 0 saturated carbocycles. The average molecular weight is 298 g/mol. The average Bonchev–Trinajstić information content (AvgIpc) is 2.91. The zero-order chi connectivity index (χ0) is 15.7. The first-order valence-electron chi connectivity index (χ1n) is 7.41. The number of fused-ring (bicyclic) bond motifs is 1. The fourth-order valence-corrected chi connectivity index (χ4v) is 2.55. The van der Waals surface area contributed by atoms with Gasteiger partial charge in [-0.15, -0.1) is 0 Å². The fourth-order valence-electron chi connectivity index (χ4n) is 2.55. The molecule has 0 saturated heterocycles. The number of aromatic amines is 1. The number of hydrogen-bond acceptors (Lipinski definition) is 3. The molecule has 2 N–H and O–H groups in total. The van der Waals surface area contributed by atoms with E-state index in [4.69, 9.17) is 4.42 Å². The van der Waals surface area contributed by atoms with Crippen molar-refractivity contribution in [3.05, 3.63) is 64.1 Å². The first-order chi connectivity index (χ1) is 10.5. The molecule has 1 aromatic carbocycles. The van der Waals surface area contributed by atoms with E-state index in [1.54, 1.807) is 6.07 Å². The first kappa shape index (κ1) is 14.5. The summed E-state index contributed by atoms with van der Waals surface area (Å²) in [4.78, 5) is 20.9. The van der Waals surface area contributed by atoms with Crippen LogP contribution in [0.4, 0.5) is 0 Å². The minimum absolute atomic E-state index is 0.0581. The predicted octanol–water partition coefficient (Wildman–Crippen LogP) is 1.60. The number of quaternary nitrogens is 1. The Morgan fingerprint density at radius 2 is 2.05 bits per heavy atom. The minimum Gasteiger partial charge on any atom is -0.460 e. The quantitative estimate of drug-likeness (QED) is 0.769. The Hall–Kier alpha value is -2.40. The second kappa shape index (κ2) is 5.77. The molecule has 2 aromatic heterocycles. The van der Waals surface area contributed by atoms with Gasteiger partial charge in [-0.3, -0.25) is 4.79 Å². The van der Waals surface area contributed by atoms with E-state index in [1.807, 2.05) is 37.3 Å². The van der Waals surface area contributed by atoms with Crippen LogP contribution >= 0.6 is 0 Å². The number of H-pyrrole nitrogens is 1. The summed E-state index contributed by atoms with van der Waals surface area (Å²) in [6.45, 7) is 4.73. The monoisotopic (exact) mass is 298 g/mol. The summed E-state index contributed by atoms with van der Waals surface area (Å²) < 4.78 is 5.62. The van der Waals surface area contributed by atoms with Gasteiger partial charge in [-0.25, -0.2) is 4.98 Å². The number of benzene rings is 1. The summed E-state index contributed by atoms with van der Waals surface area (Å²) in [5.74, 6) is 2.54. The molecular formula is C17H20N3O2+. The zero-order valence-electron chi connectivity index (χ0n) is 13.0. The normalized spacial score (nSPS) is 14.1. The summed E-state index contributed by atoms with van der Waals surface area (Å²) in [5.41, 5.74) is 0.642.